The molecule has 1 amide bonds. The van der Waals surface area contributed by atoms with E-state index in [1.54, 1.807) is 12.1 Å². The molecule has 0 spiro atoms. The molecule has 0 unspecified atom stereocenters. The number of hydrogen-bond donors (Lipinski definition) is 1. The summed E-state index contributed by atoms with van der Waals surface area (Å²) in [6.45, 7) is 0.212. The van der Waals surface area contributed by atoms with Gasteiger partial charge in [-0.1, -0.05) is 5.92 Å². The van der Waals surface area contributed by atoms with E-state index in [1.165, 1.54) is 21.3 Å². The van der Waals surface area contributed by atoms with Crippen molar-refractivity contribution >= 4 is 5.91 Å². The second-order valence-electron chi connectivity index (χ2n) is 3.69. The lowest BCUT2D eigenvalue weighted by atomic mass is 10.1. The molecular formula is C14H17NO4. The molecule has 0 aliphatic heterocycles. The summed E-state index contributed by atoms with van der Waals surface area (Å²) in [6, 6.07) is 3.47. The molecule has 5 nitrogen and oxygen atoms in total. The molecule has 0 heterocycles. The molecule has 1 rings (SSSR count). The van der Waals surface area contributed by atoms with E-state index >= 15 is 0 Å². The first-order valence-corrected chi connectivity index (χ1v) is 5.65. The van der Waals surface area contributed by atoms with E-state index in [0.717, 1.165) is 5.56 Å². The molecule has 19 heavy (non-hydrogen) atoms. The standard InChI is InChI=1S/C14H17NO4/c1-5-6-15-13(16)9-10-7-11(17-2)14(19-4)12(8-10)18-3/h1,7-8H,6,9H2,2-4H3,(H,15,16). The monoisotopic (exact) mass is 263 g/mol. The van der Waals surface area contributed by atoms with Crippen LogP contribution in [0.25, 0.3) is 0 Å². The summed E-state index contributed by atoms with van der Waals surface area (Å²) in [4.78, 5) is 11.6. The van der Waals surface area contributed by atoms with Crippen LogP contribution in [0.3, 0.4) is 0 Å². The summed E-state index contributed by atoms with van der Waals surface area (Å²) in [7, 11) is 4.58. The van der Waals surface area contributed by atoms with Crippen LogP contribution in [0, 0.1) is 12.3 Å². The predicted molar refractivity (Wildman–Crippen MR) is 71.6 cm³/mol. The largest absolute Gasteiger partial charge is 0.493 e. The number of hydrogen-bond acceptors (Lipinski definition) is 4. The Labute approximate surface area is 112 Å². The van der Waals surface area contributed by atoms with Gasteiger partial charge in [-0.15, -0.1) is 6.42 Å². The molecule has 0 fully saturated rings. The summed E-state index contributed by atoms with van der Waals surface area (Å²) in [5.41, 5.74) is 0.754. The van der Waals surface area contributed by atoms with E-state index in [2.05, 4.69) is 11.2 Å². The lowest BCUT2D eigenvalue weighted by Crippen LogP contribution is -2.25. The number of rotatable bonds is 6. The van der Waals surface area contributed by atoms with Crippen LogP contribution < -0.4 is 19.5 Å². The number of benzene rings is 1. The van der Waals surface area contributed by atoms with E-state index in [4.69, 9.17) is 20.6 Å². The van der Waals surface area contributed by atoms with Crippen LogP contribution in [0.4, 0.5) is 0 Å². The molecule has 0 saturated heterocycles. The number of terminal acetylenes is 1. The van der Waals surface area contributed by atoms with E-state index in [-0.39, 0.29) is 18.9 Å². The molecule has 0 atom stereocenters. The maximum absolute atomic E-state index is 11.6. The zero-order valence-corrected chi connectivity index (χ0v) is 11.3. The number of ether oxygens (including phenoxy) is 3. The van der Waals surface area contributed by atoms with Crippen LogP contribution in [0.1, 0.15) is 5.56 Å². The lowest BCUT2D eigenvalue weighted by molar-refractivity contribution is -0.120. The first-order valence-electron chi connectivity index (χ1n) is 5.65. The second-order valence-corrected chi connectivity index (χ2v) is 3.69. The third-order valence-corrected chi connectivity index (χ3v) is 2.48. The van der Waals surface area contributed by atoms with Crippen LogP contribution in [0.5, 0.6) is 17.2 Å². The summed E-state index contributed by atoms with van der Waals surface area (Å²) in [5, 5.41) is 2.60. The summed E-state index contributed by atoms with van der Waals surface area (Å²) in [5.74, 6) is 3.72. The van der Waals surface area contributed by atoms with Crippen molar-refractivity contribution in [3.63, 3.8) is 0 Å². The van der Waals surface area contributed by atoms with Crippen molar-refractivity contribution < 1.29 is 19.0 Å². The summed E-state index contributed by atoms with van der Waals surface area (Å²) >= 11 is 0. The zero-order chi connectivity index (χ0) is 14.3. The maximum Gasteiger partial charge on any atom is 0.225 e. The Morgan fingerprint density at radius 1 is 1.21 bits per heavy atom. The minimum Gasteiger partial charge on any atom is -0.493 e. The Bertz CT molecular complexity index is 466. The molecule has 1 N–H and O–H groups in total. The fourth-order valence-corrected chi connectivity index (χ4v) is 1.63. The van der Waals surface area contributed by atoms with Crippen LogP contribution in [0.2, 0.25) is 0 Å². The highest BCUT2D eigenvalue weighted by Gasteiger charge is 2.14. The fraction of sp³-hybridized carbons (Fsp3) is 0.357. The first-order chi connectivity index (χ1) is 9.15. The van der Waals surface area contributed by atoms with E-state index in [9.17, 15) is 4.79 Å². The smallest absolute Gasteiger partial charge is 0.225 e. The zero-order valence-electron chi connectivity index (χ0n) is 11.3. The topological polar surface area (TPSA) is 56.8 Å². The van der Waals surface area contributed by atoms with Gasteiger partial charge in [-0.2, -0.15) is 0 Å². The normalized spacial score (nSPS) is 9.37. The van der Waals surface area contributed by atoms with Gasteiger partial charge in [0, 0.05) is 0 Å². The van der Waals surface area contributed by atoms with Crippen molar-refractivity contribution in [2.45, 2.75) is 6.42 Å². The van der Waals surface area contributed by atoms with Gasteiger partial charge in [0.25, 0.3) is 0 Å². The molecule has 1 aromatic carbocycles. The number of carbonyl (C=O) groups is 1. The van der Waals surface area contributed by atoms with Crippen LogP contribution in [-0.4, -0.2) is 33.8 Å². The minimum atomic E-state index is -0.160. The highest BCUT2D eigenvalue weighted by Crippen LogP contribution is 2.38. The van der Waals surface area contributed by atoms with E-state index < -0.39 is 0 Å². The molecule has 102 valence electrons. The van der Waals surface area contributed by atoms with Crippen molar-refractivity contribution in [2.24, 2.45) is 0 Å². The predicted octanol–water partition coefficient (Wildman–Crippen LogP) is 1.00. The van der Waals surface area contributed by atoms with Gasteiger partial charge in [0.15, 0.2) is 11.5 Å². The summed E-state index contributed by atoms with van der Waals surface area (Å²) in [6.07, 6.45) is 5.27. The Hall–Kier alpha value is -2.35. The molecule has 0 aromatic heterocycles. The quantitative estimate of drug-likeness (QED) is 0.778. The fourth-order valence-electron chi connectivity index (χ4n) is 1.63. The Morgan fingerprint density at radius 2 is 1.79 bits per heavy atom. The van der Waals surface area contributed by atoms with Crippen molar-refractivity contribution in [1.82, 2.24) is 5.32 Å². The first kappa shape index (κ1) is 14.7. The number of carbonyl (C=O) groups excluding carboxylic acids is 1. The SMILES string of the molecule is C#CCNC(=O)Cc1cc(OC)c(OC)c(OC)c1. The van der Waals surface area contributed by atoms with Gasteiger partial charge in [-0.3, -0.25) is 4.79 Å². The van der Waals surface area contributed by atoms with Crippen LogP contribution in [-0.2, 0) is 11.2 Å². The molecule has 1 aromatic rings. The molecule has 5 heteroatoms. The highest BCUT2D eigenvalue weighted by atomic mass is 16.5. The third kappa shape index (κ3) is 3.81. The molecule has 0 saturated carbocycles. The Kier molecular flexibility index (Phi) is 5.55. The van der Waals surface area contributed by atoms with Crippen molar-refractivity contribution in [2.75, 3.05) is 27.9 Å². The maximum atomic E-state index is 11.6. The molecule has 0 aliphatic rings. The molecule has 0 bridgehead atoms. The Balaban J connectivity index is 2.97. The van der Waals surface area contributed by atoms with Gasteiger partial charge in [-0.05, 0) is 17.7 Å². The van der Waals surface area contributed by atoms with Gasteiger partial charge < -0.3 is 19.5 Å². The number of nitrogens with one attached hydrogen (secondary N) is 1. The summed E-state index contributed by atoms with van der Waals surface area (Å²) < 4.78 is 15.6. The van der Waals surface area contributed by atoms with Gasteiger partial charge in [0.05, 0.1) is 34.3 Å². The second kappa shape index (κ2) is 7.17. The number of amides is 1. The van der Waals surface area contributed by atoms with Gasteiger partial charge >= 0.3 is 0 Å². The average Bonchev–Trinajstić information content (AvgIpc) is 2.43. The van der Waals surface area contributed by atoms with Crippen molar-refractivity contribution in [1.29, 1.82) is 0 Å². The van der Waals surface area contributed by atoms with Gasteiger partial charge in [-0.25, -0.2) is 0 Å². The van der Waals surface area contributed by atoms with E-state index in [1.807, 2.05) is 0 Å². The highest BCUT2D eigenvalue weighted by molar-refractivity contribution is 5.79. The Morgan fingerprint density at radius 3 is 2.21 bits per heavy atom. The average molecular weight is 263 g/mol. The van der Waals surface area contributed by atoms with Gasteiger partial charge in [0.2, 0.25) is 11.7 Å². The van der Waals surface area contributed by atoms with Crippen molar-refractivity contribution in [3.05, 3.63) is 17.7 Å². The van der Waals surface area contributed by atoms with Gasteiger partial charge in [0.1, 0.15) is 0 Å². The molecule has 0 aliphatic carbocycles. The van der Waals surface area contributed by atoms with E-state index in [0.29, 0.717) is 17.2 Å². The molecule has 0 radical (unpaired) electrons. The third-order valence-electron chi connectivity index (χ3n) is 2.48. The number of methoxy groups -OCH3 is 3. The minimum absolute atomic E-state index is 0.160. The molecular weight excluding hydrogens is 246 g/mol. The van der Waals surface area contributed by atoms with Crippen molar-refractivity contribution in [3.8, 4) is 29.6 Å². The van der Waals surface area contributed by atoms with Crippen LogP contribution in [0.15, 0.2) is 12.1 Å². The van der Waals surface area contributed by atoms with Crippen LogP contribution >= 0.6 is 0 Å². The lowest BCUT2D eigenvalue weighted by Gasteiger charge is -2.13.